The number of thiazole rings is 1. The number of aromatic nitrogens is 2. The fourth-order valence-corrected chi connectivity index (χ4v) is 5.48. The van der Waals surface area contributed by atoms with Gasteiger partial charge in [0.15, 0.2) is 15.0 Å². The van der Waals surface area contributed by atoms with Crippen molar-refractivity contribution in [2.24, 2.45) is 0 Å². The Morgan fingerprint density at radius 1 is 1.06 bits per heavy atom. The summed E-state index contributed by atoms with van der Waals surface area (Å²) in [6.45, 7) is 0.236. The Morgan fingerprint density at radius 2 is 1.88 bits per heavy atom. The summed E-state index contributed by atoms with van der Waals surface area (Å²) >= 11 is 1.36. The Hall–Kier alpha value is -3.30. The molecule has 0 fully saturated rings. The molecule has 2 aromatic heterocycles. The summed E-state index contributed by atoms with van der Waals surface area (Å²) in [7, 11) is -2.01. The second kappa shape index (κ2) is 9.46. The van der Waals surface area contributed by atoms with Gasteiger partial charge in [-0.3, -0.25) is 14.7 Å². The van der Waals surface area contributed by atoms with Crippen LogP contribution in [0.2, 0.25) is 0 Å². The molecule has 7 nitrogen and oxygen atoms in total. The van der Waals surface area contributed by atoms with Crippen molar-refractivity contribution in [3.63, 3.8) is 0 Å². The third-order valence-electron chi connectivity index (χ3n) is 4.87. The van der Waals surface area contributed by atoms with E-state index in [4.69, 9.17) is 4.74 Å². The number of fused-ring (bicyclic) bond motifs is 1. The first kappa shape index (κ1) is 21.9. The summed E-state index contributed by atoms with van der Waals surface area (Å²) in [5.41, 5.74) is 1.48. The molecular weight excluding hydrogens is 446 g/mol. The van der Waals surface area contributed by atoms with Gasteiger partial charge in [-0.1, -0.05) is 41.7 Å². The Morgan fingerprint density at radius 3 is 2.59 bits per heavy atom. The van der Waals surface area contributed by atoms with Crippen molar-refractivity contribution in [3.8, 4) is 5.75 Å². The molecule has 0 radical (unpaired) electrons. The van der Waals surface area contributed by atoms with Crippen LogP contribution in [0.5, 0.6) is 5.75 Å². The first-order valence-electron chi connectivity index (χ1n) is 9.88. The first-order chi connectivity index (χ1) is 15.5. The van der Waals surface area contributed by atoms with E-state index in [2.05, 4.69) is 9.97 Å². The van der Waals surface area contributed by atoms with Crippen LogP contribution in [0.1, 0.15) is 12.0 Å². The summed E-state index contributed by atoms with van der Waals surface area (Å²) in [6.07, 6.45) is 3.17. The highest BCUT2D eigenvalue weighted by Gasteiger charge is 2.24. The molecule has 0 unspecified atom stereocenters. The minimum atomic E-state index is -3.58. The molecule has 0 aliphatic rings. The molecule has 0 spiro atoms. The van der Waals surface area contributed by atoms with Crippen LogP contribution in [-0.4, -0.2) is 37.2 Å². The van der Waals surface area contributed by atoms with E-state index in [1.165, 1.54) is 28.4 Å². The molecule has 4 aromatic rings. The minimum Gasteiger partial charge on any atom is -0.494 e. The van der Waals surface area contributed by atoms with Crippen LogP contribution in [0.15, 0.2) is 78.0 Å². The van der Waals surface area contributed by atoms with E-state index < -0.39 is 9.84 Å². The van der Waals surface area contributed by atoms with Crippen LogP contribution < -0.4 is 9.64 Å². The number of carbonyl (C=O) groups is 1. The highest BCUT2D eigenvalue weighted by atomic mass is 32.2. The molecule has 9 heteroatoms. The Balaban J connectivity index is 1.63. The van der Waals surface area contributed by atoms with E-state index in [-0.39, 0.29) is 29.5 Å². The average molecular weight is 468 g/mol. The number of para-hydroxylation sites is 1. The van der Waals surface area contributed by atoms with Gasteiger partial charge in [-0.25, -0.2) is 13.4 Å². The summed E-state index contributed by atoms with van der Waals surface area (Å²) in [5, 5.41) is 0.482. The molecule has 0 N–H and O–H groups in total. The zero-order valence-electron chi connectivity index (χ0n) is 17.3. The van der Waals surface area contributed by atoms with Crippen LogP contribution in [0.3, 0.4) is 0 Å². The van der Waals surface area contributed by atoms with Gasteiger partial charge >= 0.3 is 0 Å². The van der Waals surface area contributed by atoms with Crippen molar-refractivity contribution in [1.82, 2.24) is 9.97 Å². The smallest absolute Gasteiger partial charge is 0.230 e. The number of methoxy groups -OCH3 is 1. The number of nitrogens with zero attached hydrogens (tertiary/aromatic N) is 3. The lowest BCUT2D eigenvalue weighted by molar-refractivity contribution is -0.118. The molecule has 0 atom stereocenters. The summed E-state index contributed by atoms with van der Waals surface area (Å²) in [5.74, 6) is 0.00459. The summed E-state index contributed by atoms with van der Waals surface area (Å²) in [6, 6.07) is 17.4. The maximum atomic E-state index is 13.2. The van der Waals surface area contributed by atoms with Gasteiger partial charge in [0.2, 0.25) is 5.91 Å². The molecule has 164 valence electrons. The van der Waals surface area contributed by atoms with Crippen LogP contribution in [0.4, 0.5) is 5.13 Å². The number of amides is 1. The maximum absolute atomic E-state index is 13.2. The molecule has 0 saturated heterocycles. The molecule has 0 saturated carbocycles. The fourth-order valence-electron chi connectivity index (χ4n) is 3.23. The van der Waals surface area contributed by atoms with Gasteiger partial charge in [-0.05, 0) is 35.9 Å². The first-order valence-corrected chi connectivity index (χ1v) is 12.4. The molecule has 4 rings (SSSR count). The predicted molar refractivity (Wildman–Crippen MR) is 125 cm³/mol. The Labute approximate surface area is 190 Å². The average Bonchev–Trinajstić information content (AvgIpc) is 3.26. The predicted octanol–water partition coefficient (Wildman–Crippen LogP) is 4.10. The van der Waals surface area contributed by atoms with Crippen molar-refractivity contribution in [2.75, 3.05) is 17.8 Å². The van der Waals surface area contributed by atoms with E-state index in [0.717, 1.165) is 10.3 Å². The van der Waals surface area contributed by atoms with Crippen molar-refractivity contribution in [2.45, 2.75) is 17.9 Å². The number of anilines is 1. The number of rotatable bonds is 8. The highest BCUT2D eigenvalue weighted by molar-refractivity contribution is 7.91. The number of carbonyl (C=O) groups excluding carboxylic acids is 1. The van der Waals surface area contributed by atoms with Crippen LogP contribution in [-0.2, 0) is 21.2 Å². The standard InChI is InChI=1S/C23H21N3O4S2/c1-30-19-10-5-11-20-22(19)25-23(31-20)26(16-17-7-6-13-24-15-17)21(27)12-14-32(28,29)18-8-3-2-4-9-18/h2-11,13,15H,12,14,16H2,1H3. The van der Waals surface area contributed by atoms with Crippen LogP contribution in [0.25, 0.3) is 10.2 Å². The molecule has 32 heavy (non-hydrogen) atoms. The molecule has 2 aromatic carbocycles. The van der Waals surface area contributed by atoms with Crippen LogP contribution in [0, 0.1) is 0 Å². The van der Waals surface area contributed by atoms with Gasteiger partial charge < -0.3 is 4.74 Å². The Bertz CT molecular complexity index is 1320. The number of sulfone groups is 1. The zero-order chi connectivity index (χ0) is 22.6. The van der Waals surface area contributed by atoms with Crippen LogP contribution >= 0.6 is 11.3 Å². The lowest BCUT2D eigenvalue weighted by Gasteiger charge is -2.20. The van der Waals surface area contributed by atoms with E-state index in [1.54, 1.807) is 43.8 Å². The van der Waals surface area contributed by atoms with Crippen molar-refractivity contribution >= 4 is 42.4 Å². The number of pyridine rings is 1. The monoisotopic (exact) mass is 467 g/mol. The van der Waals surface area contributed by atoms with Crippen molar-refractivity contribution in [1.29, 1.82) is 0 Å². The zero-order valence-corrected chi connectivity index (χ0v) is 19.0. The van der Waals surface area contributed by atoms with Crippen molar-refractivity contribution in [3.05, 3.63) is 78.6 Å². The van der Waals surface area contributed by atoms with Gasteiger partial charge in [0.25, 0.3) is 0 Å². The number of ether oxygens (including phenoxy) is 1. The number of benzene rings is 2. The van der Waals surface area contributed by atoms with E-state index in [1.807, 2.05) is 24.3 Å². The molecule has 1 amide bonds. The fraction of sp³-hybridized carbons (Fsp3) is 0.174. The maximum Gasteiger partial charge on any atom is 0.230 e. The largest absolute Gasteiger partial charge is 0.494 e. The van der Waals surface area contributed by atoms with E-state index in [9.17, 15) is 13.2 Å². The summed E-state index contributed by atoms with van der Waals surface area (Å²) < 4.78 is 31.6. The van der Waals surface area contributed by atoms with Crippen molar-refractivity contribution < 1.29 is 17.9 Å². The second-order valence-corrected chi connectivity index (χ2v) is 10.1. The minimum absolute atomic E-state index is 0.162. The third kappa shape index (κ3) is 4.79. The van der Waals surface area contributed by atoms with E-state index in [0.29, 0.717) is 16.4 Å². The third-order valence-corrected chi connectivity index (χ3v) is 7.65. The molecule has 0 aliphatic carbocycles. The van der Waals surface area contributed by atoms with Gasteiger partial charge in [-0.15, -0.1) is 0 Å². The molecule has 0 bridgehead atoms. The molecule has 0 aliphatic heterocycles. The number of hydrogen-bond acceptors (Lipinski definition) is 7. The molecular formula is C23H21N3O4S2. The van der Waals surface area contributed by atoms with Gasteiger partial charge in [0.05, 0.1) is 29.0 Å². The van der Waals surface area contributed by atoms with Gasteiger partial charge in [0, 0.05) is 18.8 Å². The lowest BCUT2D eigenvalue weighted by atomic mass is 10.2. The van der Waals surface area contributed by atoms with E-state index >= 15 is 0 Å². The topological polar surface area (TPSA) is 89.5 Å². The lowest BCUT2D eigenvalue weighted by Crippen LogP contribution is -2.31. The number of hydrogen-bond donors (Lipinski definition) is 0. The van der Waals surface area contributed by atoms with Gasteiger partial charge in [0.1, 0.15) is 11.3 Å². The second-order valence-electron chi connectivity index (χ2n) is 7.03. The normalized spacial score (nSPS) is 11.4. The summed E-state index contributed by atoms with van der Waals surface area (Å²) in [4.78, 5) is 23.7. The highest BCUT2D eigenvalue weighted by Crippen LogP contribution is 2.35. The molecule has 2 heterocycles. The quantitative estimate of drug-likeness (QED) is 0.388. The SMILES string of the molecule is COc1cccc2sc(N(Cc3cccnc3)C(=O)CCS(=O)(=O)c3ccccc3)nc12. The van der Waals surface area contributed by atoms with Gasteiger partial charge in [-0.2, -0.15) is 0 Å². The Kier molecular flexibility index (Phi) is 6.48.